The summed E-state index contributed by atoms with van der Waals surface area (Å²) in [5.41, 5.74) is 24.9. The molecule has 13 amide bonds. The number of hydrogen-bond donors (Lipinski definition) is 22. The number of aliphatic carboxylic acids is 2. The molecule has 1 aromatic heterocycles. The molecule has 0 aliphatic carbocycles. The zero-order chi connectivity index (χ0) is 82.9. The normalized spacial score (nSPS) is 14.6. The van der Waals surface area contributed by atoms with Gasteiger partial charge in [0.25, 0.3) is 0 Å². The molecular weight excluding hydrogens is 1460 g/mol. The molecule has 0 unspecified atom stereocenters. The van der Waals surface area contributed by atoms with Crippen molar-refractivity contribution in [2.75, 3.05) is 13.2 Å². The molecule has 0 spiro atoms. The summed E-state index contributed by atoms with van der Waals surface area (Å²) >= 11 is 0. The van der Waals surface area contributed by atoms with Gasteiger partial charge in [-0.25, -0.2) is 4.79 Å². The summed E-state index contributed by atoms with van der Waals surface area (Å²) in [5, 5.41) is 78.2. The number of nitrogens with one attached hydrogen (secondary N) is 14. The van der Waals surface area contributed by atoms with Gasteiger partial charge in [-0.2, -0.15) is 0 Å². The number of phenolic OH excluding ortho intramolecular Hbond substituents is 1. The lowest BCUT2D eigenvalue weighted by Gasteiger charge is -2.29. The van der Waals surface area contributed by atoms with Crippen LogP contribution in [0, 0.1) is 17.2 Å². The molecule has 606 valence electrons. The maximum Gasteiger partial charge on any atom is 0.326 e. The molecule has 0 aliphatic heterocycles. The average Bonchev–Trinajstić information content (AvgIpc) is 1.23. The Morgan fingerprint density at radius 2 is 0.902 bits per heavy atom. The average molecular weight is 1560 g/mol. The van der Waals surface area contributed by atoms with E-state index in [1.165, 1.54) is 31.2 Å². The number of guanidine groups is 1. The highest BCUT2D eigenvalue weighted by Crippen LogP contribution is 2.21. The third kappa shape index (κ3) is 30.1. The number of aliphatic hydroxyl groups excluding tert-OH is 1. The number of H-pyrrole nitrogens is 1. The third-order valence-electron chi connectivity index (χ3n) is 18.0. The molecule has 37 nitrogen and oxygen atoms in total. The molecule has 26 N–H and O–H groups in total. The molecule has 37 heteroatoms. The van der Waals surface area contributed by atoms with E-state index >= 15 is 0 Å². The highest BCUT2D eigenvalue weighted by atomic mass is 16.4. The van der Waals surface area contributed by atoms with Crippen LogP contribution in [-0.2, 0) is 97.6 Å². The molecule has 13 atom stereocenters. The number of para-hydroxylation sites is 1. The lowest BCUT2D eigenvalue weighted by Crippen LogP contribution is -2.62. The fraction of sp³-hybridized carbons (Fsp3) is 0.440. The number of hydrogen-bond acceptors (Lipinski definition) is 19. The quantitative estimate of drug-likeness (QED) is 0.0104. The zero-order valence-corrected chi connectivity index (χ0v) is 62.7. The molecule has 1 heterocycles. The van der Waals surface area contributed by atoms with Crippen LogP contribution < -0.4 is 86.7 Å². The molecule has 0 radical (unpaired) electrons. The van der Waals surface area contributed by atoms with Gasteiger partial charge in [-0.05, 0) is 84.9 Å². The Hall–Kier alpha value is -12.5. The van der Waals surface area contributed by atoms with Crippen molar-refractivity contribution >= 4 is 106 Å². The molecular formula is C75H102N18O19. The Bertz CT molecular complexity index is 4110. The molecule has 5 rings (SSSR count). The van der Waals surface area contributed by atoms with Gasteiger partial charge in [0.15, 0.2) is 5.96 Å². The Kier molecular flexibility index (Phi) is 36.0. The first-order valence-corrected chi connectivity index (χ1v) is 36.3. The van der Waals surface area contributed by atoms with Crippen LogP contribution in [0.5, 0.6) is 5.75 Å². The number of primary amides is 2. The van der Waals surface area contributed by atoms with Gasteiger partial charge < -0.3 is 112 Å². The molecule has 0 saturated heterocycles. The van der Waals surface area contributed by atoms with E-state index < -0.39 is 212 Å². The van der Waals surface area contributed by atoms with Crippen molar-refractivity contribution < 1.29 is 92.3 Å². The highest BCUT2D eigenvalue weighted by molar-refractivity contribution is 6.01. The fourth-order valence-corrected chi connectivity index (χ4v) is 11.7. The number of carboxylic acids is 2. The number of carbonyl (C=O) groups excluding carboxylic acids is 13. The lowest BCUT2D eigenvalue weighted by atomic mass is 9.96. The van der Waals surface area contributed by atoms with Gasteiger partial charge >= 0.3 is 11.9 Å². The van der Waals surface area contributed by atoms with Crippen molar-refractivity contribution in [2.24, 2.45) is 34.8 Å². The van der Waals surface area contributed by atoms with Crippen LogP contribution in [0.2, 0.25) is 0 Å². The number of benzene rings is 4. The third-order valence-corrected chi connectivity index (χ3v) is 18.0. The Labute approximate surface area is 645 Å². The minimum Gasteiger partial charge on any atom is -0.508 e. The predicted molar refractivity (Wildman–Crippen MR) is 406 cm³/mol. The van der Waals surface area contributed by atoms with Crippen molar-refractivity contribution in [1.29, 1.82) is 5.41 Å². The van der Waals surface area contributed by atoms with Crippen LogP contribution in [-0.4, -0.2) is 206 Å². The molecule has 0 bridgehead atoms. The Morgan fingerprint density at radius 3 is 1.40 bits per heavy atom. The van der Waals surface area contributed by atoms with E-state index in [1.54, 1.807) is 119 Å². The first-order chi connectivity index (χ1) is 53.0. The van der Waals surface area contributed by atoms with Crippen LogP contribution in [0.1, 0.15) is 108 Å². The topological polar surface area (TPSA) is 625 Å². The van der Waals surface area contributed by atoms with Crippen molar-refractivity contribution in [3.63, 3.8) is 0 Å². The second-order valence-corrected chi connectivity index (χ2v) is 27.5. The minimum absolute atomic E-state index is 0.0495. The summed E-state index contributed by atoms with van der Waals surface area (Å²) in [6.07, 6.45) is -2.78. The smallest absolute Gasteiger partial charge is 0.326 e. The number of aromatic nitrogens is 1. The molecule has 5 aromatic rings. The number of aliphatic hydroxyl groups is 1. The van der Waals surface area contributed by atoms with Crippen LogP contribution in [0.25, 0.3) is 10.9 Å². The maximum atomic E-state index is 14.9. The van der Waals surface area contributed by atoms with E-state index in [-0.39, 0.29) is 68.7 Å². The monoisotopic (exact) mass is 1560 g/mol. The standard InChI is InChI=1S/C75H102N18O19/c1-6-40(4)62(93-72(109)52(30-39(2)3)87-64(101)48(76)38-94)73(110)91-57(36-61(98)99)71(108)89-54(32-43-18-11-8-12-19-43)67(104)88-55(33-44-23-25-46(95)26-24-44)68(105)90-56(35-60(78)97)70(107)84-50(22-15-29-81-75(79)80)66(103)85-51(27-28-59(77)96)65(102)83-41(5)63(100)86-53(31-42-16-9-7-10-17-42)69(106)92-58(74(111)112)34-45-37-82-49-21-14-13-20-47(45)49/h7-14,16-21,23-26,37,39-41,48,50-58,62,82,94-95H,6,15,22,27-36,38,76H2,1-5H3,(H2,77,96)(H2,78,97)(H,83,102)(H,84,107)(H,85,103)(H,86,100)(H,87,101)(H,88,104)(H,89,108)(H,90,105)(H,91,110)(H,92,106)(H,93,109)(H,98,99)(H,111,112)(H4,79,80,81)/t40-,41-,48-,50-,51-,52-,53-,54-,55-,56-,57-,58-,62-/m0/s1. The highest BCUT2D eigenvalue weighted by Gasteiger charge is 2.39. The number of fused-ring (bicyclic) bond motifs is 1. The number of aromatic hydroxyl groups is 1. The van der Waals surface area contributed by atoms with Gasteiger partial charge in [-0.1, -0.05) is 125 Å². The predicted octanol–water partition coefficient (Wildman–Crippen LogP) is -3.13. The van der Waals surface area contributed by atoms with Crippen molar-refractivity contribution in [1.82, 2.24) is 68.8 Å². The number of aromatic amines is 1. The van der Waals surface area contributed by atoms with E-state index in [9.17, 15) is 92.3 Å². The van der Waals surface area contributed by atoms with Crippen LogP contribution >= 0.6 is 0 Å². The number of rotatable bonds is 47. The number of carbonyl (C=O) groups is 15. The first kappa shape index (κ1) is 90.1. The van der Waals surface area contributed by atoms with E-state index in [0.717, 1.165) is 10.9 Å². The Morgan fingerprint density at radius 1 is 0.464 bits per heavy atom. The van der Waals surface area contributed by atoms with Crippen LogP contribution in [0.4, 0.5) is 0 Å². The van der Waals surface area contributed by atoms with Gasteiger partial charge in [-0.3, -0.25) is 72.5 Å². The first-order valence-electron chi connectivity index (χ1n) is 36.3. The largest absolute Gasteiger partial charge is 0.508 e. The van der Waals surface area contributed by atoms with Gasteiger partial charge in [0.1, 0.15) is 78.3 Å². The van der Waals surface area contributed by atoms with E-state index in [1.807, 2.05) is 0 Å². The van der Waals surface area contributed by atoms with Crippen molar-refractivity contribution in [3.8, 4) is 5.75 Å². The van der Waals surface area contributed by atoms with Crippen molar-refractivity contribution in [3.05, 3.63) is 138 Å². The number of nitrogens with two attached hydrogens (primary N) is 4. The van der Waals surface area contributed by atoms with Gasteiger partial charge in [0, 0.05) is 55.7 Å². The second-order valence-electron chi connectivity index (χ2n) is 27.5. The maximum absolute atomic E-state index is 14.9. The van der Waals surface area contributed by atoms with Crippen molar-refractivity contribution in [2.45, 2.75) is 184 Å². The SMILES string of the molecule is CC[C@H](C)[C@H](NC(=O)[C@H](CC(C)C)NC(=O)[C@@H](N)CO)C(=O)N[C@@H](CC(=O)O)C(=O)N[C@@H](Cc1ccccc1)C(=O)N[C@@H](Cc1ccc(O)cc1)C(=O)N[C@@H](CC(N)=O)C(=O)N[C@@H](CCCNC(=N)N)C(=O)N[C@@H](CCC(N)=O)C(=O)N[C@@H](C)C(=O)N[C@@H](Cc1ccccc1)C(=O)N[C@@H](Cc1c[nH]c2ccccc12)C(=O)O. The van der Waals surface area contributed by atoms with Gasteiger partial charge in [-0.15, -0.1) is 0 Å². The van der Waals surface area contributed by atoms with Crippen LogP contribution in [0.15, 0.2) is 115 Å². The van der Waals surface area contributed by atoms with Gasteiger partial charge in [0.05, 0.1) is 19.4 Å². The zero-order valence-electron chi connectivity index (χ0n) is 62.7. The number of carboxylic acid groups (broad SMARTS) is 2. The number of amides is 13. The number of phenols is 1. The summed E-state index contributed by atoms with van der Waals surface area (Å²) in [6.45, 7) is 7.15. The van der Waals surface area contributed by atoms with E-state index in [2.05, 4.69) is 68.8 Å². The van der Waals surface area contributed by atoms with Gasteiger partial charge in [0.2, 0.25) is 76.8 Å². The van der Waals surface area contributed by atoms with Crippen LogP contribution in [0.3, 0.4) is 0 Å². The molecule has 0 fully saturated rings. The molecule has 0 aliphatic rings. The Balaban J connectivity index is 1.42. The molecule has 4 aromatic carbocycles. The summed E-state index contributed by atoms with van der Waals surface area (Å²) < 4.78 is 0. The molecule has 112 heavy (non-hydrogen) atoms. The van der Waals surface area contributed by atoms with E-state index in [0.29, 0.717) is 16.7 Å². The second kappa shape index (κ2) is 44.8. The lowest BCUT2D eigenvalue weighted by molar-refractivity contribution is -0.142. The summed E-state index contributed by atoms with van der Waals surface area (Å²) in [4.78, 5) is 210. The molecule has 0 saturated carbocycles. The summed E-state index contributed by atoms with van der Waals surface area (Å²) in [5.74, 6) is -18.4. The fourth-order valence-electron chi connectivity index (χ4n) is 11.7. The summed E-state index contributed by atoms with van der Waals surface area (Å²) in [7, 11) is 0. The summed E-state index contributed by atoms with van der Waals surface area (Å²) in [6, 6.07) is 9.18. The van der Waals surface area contributed by atoms with E-state index in [4.69, 9.17) is 28.3 Å². The minimum atomic E-state index is -2.00.